The summed E-state index contributed by atoms with van der Waals surface area (Å²) in [5, 5.41) is 9.50. The number of fused-ring (bicyclic) bond motifs is 1. The molecule has 5 nitrogen and oxygen atoms in total. The summed E-state index contributed by atoms with van der Waals surface area (Å²) in [4.78, 5) is 16.1. The molecule has 3 heterocycles. The second-order valence-corrected chi connectivity index (χ2v) is 8.03. The molecule has 2 aromatic heterocycles. The van der Waals surface area contributed by atoms with Gasteiger partial charge in [-0.2, -0.15) is 5.10 Å². The van der Waals surface area contributed by atoms with E-state index in [2.05, 4.69) is 32.2 Å². The summed E-state index contributed by atoms with van der Waals surface area (Å²) in [5.74, 6) is 0.00497. The second-order valence-electron chi connectivity index (χ2n) is 6.13. The van der Waals surface area contributed by atoms with E-state index >= 15 is 0 Å². The van der Waals surface area contributed by atoms with Crippen LogP contribution in [-0.4, -0.2) is 41.3 Å². The van der Waals surface area contributed by atoms with Crippen molar-refractivity contribution in [2.75, 3.05) is 20.3 Å². The number of nitrogens with one attached hydrogen (secondary N) is 1. The smallest absolute Gasteiger partial charge is 0.273 e. The number of nitrogens with zero attached hydrogens (tertiary/aromatic N) is 2. The number of ether oxygens (including phenoxy) is 1. The zero-order chi connectivity index (χ0) is 18.1. The number of H-pyrrole nitrogens is 1. The summed E-state index contributed by atoms with van der Waals surface area (Å²) in [6, 6.07) is 12.0. The second kappa shape index (κ2) is 7.34. The summed E-state index contributed by atoms with van der Waals surface area (Å²) < 4.78 is 6.18. The normalized spacial score (nSPS) is 16.3. The van der Waals surface area contributed by atoms with Crippen LogP contribution in [0, 0.1) is 0 Å². The molecule has 1 aromatic carbocycles. The highest BCUT2D eigenvalue weighted by Gasteiger charge is 2.42. The number of thiophene rings is 1. The fraction of sp³-hybridized carbons (Fsp3) is 0.263. The molecule has 1 amide bonds. The van der Waals surface area contributed by atoms with Gasteiger partial charge in [0.15, 0.2) is 0 Å². The van der Waals surface area contributed by atoms with Gasteiger partial charge < -0.3 is 9.64 Å². The third kappa shape index (κ3) is 3.00. The average molecular weight is 432 g/mol. The molecular formula is C19H18BrN3O2S. The Kier molecular flexibility index (Phi) is 4.93. The van der Waals surface area contributed by atoms with Crippen molar-refractivity contribution in [1.29, 1.82) is 0 Å². The van der Waals surface area contributed by atoms with Crippen LogP contribution in [0.3, 0.4) is 0 Å². The number of hydrogen-bond donors (Lipinski definition) is 1. The third-order valence-corrected chi connectivity index (χ3v) is 6.00. The van der Waals surface area contributed by atoms with E-state index in [9.17, 15) is 4.79 Å². The first-order chi connectivity index (χ1) is 12.7. The minimum absolute atomic E-state index is 0.00497. The van der Waals surface area contributed by atoms with Crippen LogP contribution in [0.1, 0.15) is 33.4 Å². The first-order valence-corrected chi connectivity index (χ1v) is 10.1. The molecule has 0 saturated heterocycles. The topological polar surface area (TPSA) is 58.2 Å². The van der Waals surface area contributed by atoms with Crippen LogP contribution < -0.4 is 0 Å². The quantitative estimate of drug-likeness (QED) is 0.585. The molecule has 3 aromatic rings. The van der Waals surface area contributed by atoms with Crippen molar-refractivity contribution < 1.29 is 9.53 Å². The minimum atomic E-state index is -0.105. The van der Waals surface area contributed by atoms with Gasteiger partial charge in [0.2, 0.25) is 0 Å². The van der Waals surface area contributed by atoms with Crippen molar-refractivity contribution >= 4 is 33.2 Å². The van der Waals surface area contributed by atoms with E-state index in [1.54, 1.807) is 18.4 Å². The number of carbonyl (C=O) groups is 1. The van der Waals surface area contributed by atoms with Gasteiger partial charge in [0.05, 0.1) is 11.7 Å². The molecule has 7 heteroatoms. The zero-order valence-corrected chi connectivity index (χ0v) is 16.6. The lowest BCUT2D eigenvalue weighted by Gasteiger charge is -2.25. The Balaban J connectivity index is 1.78. The predicted octanol–water partition coefficient (Wildman–Crippen LogP) is 4.48. The van der Waals surface area contributed by atoms with E-state index in [1.165, 1.54) is 0 Å². The van der Waals surface area contributed by atoms with Gasteiger partial charge in [0, 0.05) is 40.7 Å². The van der Waals surface area contributed by atoms with Crippen LogP contribution in [0.25, 0.3) is 11.3 Å². The van der Waals surface area contributed by atoms with Crippen molar-refractivity contribution in [2.24, 2.45) is 0 Å². The maximum Gasteiger partial charge on any atom is 0.273 e. The van der Waals surface area contributed by atoms with Gasteiger partial charge in [-0.25, -0.2) is 0 Å². The van der Waals surface area contributed by atoms with Gasteiger partial charge in [0.25, 0.3) is 5.91 Å². The highest BCUT2D eigenvalue weighted by atomic mass is 79.9. The molecular weight excluding hydrogens is 414 g/mol. The first kappa shape index (κ1) is 17.5. The summed E-state index contributed by atoms with van der Waals surface area (Å²) in [5.41, 5.74) is 3.41. The molecule has 0 spiro atoms. The Morgan fingerprint density at radius 1 is 1.31 bits per heavy atom. The molecule has 0 aliphatic carbocycles. The number of carbonyl (C=O) groups excluding carboxylic acids is 1. The van der Waals surface area contributed by atoms with Crippen molar-refractivity contribution in [3.05, 3.63) is 62.4 Å². The maximum atomic E-state index is 13.0. The first-order valence-electron chi connectivity index (χ1n) is 8.38. The van der Waals surface area contributed by atoms with Crippen molar-refractivity contribution in [2.45, 2.75) is 12.5 Å². The molecule has 1 aliphatic heterocycles. The van der Waals surface area contributed by atoms with Gasteiger partial charge >= 0.3 is 0 Å². The lowest BCUT2D eigenvalue weighted by molar-refractivity contribution is 0.0725. The minimum Gasteiger partial charge on any atom is -0.385 e. The Bertz CT molecular complexity index is 906. The predicted molar refractivity (Wildman–Crippen MR) is 105 cm³/mol. The van der Waals surface area contributed by atoms with Crippen LogP contribution in [-0.2, 0) is 4.74 Å². The van der Waals surface area contributed by atoms with Crippen molar-refractivity contribution in [1.82, 2.24) is 15.1 Å². The summed E-state index contributed by atoms with van der Waals surface area (Å²) in [6.07, 6.45) is 0.801. The largest absolute Gasteiger partial charge is 0.385 e. The van der Waals surface area contributed by atoms with E-state index in [1.807, 2.05) is 40.6 Å². The van der Waals surface area contributed by atoms with E-state index in [4.69, 9.17) is 4.74 Å². The zero-order valence-electron chi connectivity index (χ0n) is 14.2. The monoisotopic (exact) mass is 431 g/mol. The molecule has 0 radical (unpaired) electrons. The SMILES string of the molecule is COCCCN1C(=O)c2[nH]nc(-c3ccc(Br)cc3)c2C1c1cccs1. The fourth-order valence-electron chi connectivity index (χ4n) is 3.38. The van der Waals surface area contributed by atoms with Gasteiger partial charge in [-0.05, 0) is 30.0 Å². The van der Waals surface area contributed by atoms with Gasteiger partial charge in [-0.15, -0.1) is 11.3 Å². The maximum absolute atomic E-state index is 13.0. The number of amides is 1. The van der Waals surface area contributed by atoms with Gasteiger partial charge in [-0.1, -0.05) is 34.1 Å². The standard InChI is InChI=1S/C19H18BrN3O2S/c1-25-10-3-9-23-18(14-4-2-11-26-14)15-16(21-22-17(15)19(23)24)12-5-7-13(20)8-6-12/h2,4-8,11,18H,3,9-10H2,1H3,(H,21,22). The number of rotatable bonds is 6. The number of hydrogen-bond acceptors (Lipinski definition) is 4. The Morgan fingerprint density at radius 3 is 2.81 bits per heavy atom. The van der Waals surface area contributed by atoms with Crippen LogP contribution in [0.15, 0.2) is 46.3 Å². The van der Waals surface area contributed by atoms with Crippen molar-refractivity contribution in [3.63, 3.8) is 0 Å². The van der Waals surface area contributed by atoms with Crippen LogP contribution in [0.4, 0.5) is 0 Å². The molecule has 0 saturated carbocycles. The molecule has 0 bridgehead atoms. The Hall–Kier alpha value is -1.96. The number of halogens is 1. The molecule has 26 heavy (non-hydrogen) atoms. The number of methoxy groups -OCH3 is 1. The summed E-state index contributed by atoms with van der Waals surface area (Å²) in [6.45, 7) is 1.28. The molecule has 1 N–H and O–H groups in total. The van der Waals surface area contributed by atoms with Crippen LogP contribution in [0.2, 0.25) is 0 Å². The van der Waals surface area contributed by atoms with Gasteiger partial charge in [0.1, 0.15) is 5.69 Å². The molecule has 4 rings (SSSR count). The van der Waals surface area contributed by atoms with Crippen molar-refractivity contribution in [3.8, 4) is 11.3 Å². The van der Waals surface area contributed by atoms with E-state index in [0.717, 1.165) is 32.6 Å². The molecule has 1 atom stereocenters. The number of aromatic amines is 1. The lowest BCUT2D eigenvalue weighted by atomic mass is 10.0. The van der Waals surface area contributed by atoms with Crippen LogP contribution in [0.5, 0.6) is 0 Å². The highest BCUT2D eigenvalue weighted by molar-refractivity contribution is 9.10. The molecule has 1 unspecified atom stereocenters. The van der Waals surface area contributed by atoms with Crippen LogP contribution >= 0.6 is 27.3 Å². The van der Waals surface area contributed by atoms with E-state index in [-0.39, 0.29) is 11.9 Å². The average Bonchev–Trinajstić information content (AvgIpc) is 3.35. The lowest BCUT2D eigenvalue weighted by Crippen LogP contribution is -2.30. The Morgan fingerprint density at radius 2 is 2.12 bits per heavy atom. The number of benzene rings is 1. The Labute approximate surface area is 164 Å². The molecule has 0 fully saturated rings. The summed E-state index contributed by atoms with van der Waals surface area (Å²) >= 11 is 5.13. The van der Waals surface area contributed by atoms with E-state index in [0.29, 0.717) is 18.8 Å². The van der Waals surface area contributed by atoms with E-state index < -0.39 is 0 Å². The molecule has 1 aliphatic rings. The number of aromatic nitrogens is 2. The highest BCUT2D eigenvalue weighted by Crippen LogP contribution is 2.44. The molecule has 134 valence electrons. The van der Waals surface area contributed by atoms with Gasteiger partial charge in [-0.3, -0.25) is 9.89 Å². The summed E-state index contributed by atoms with van der Waals surface area (Å²) in [7, 11) is 1.68. The third-order valence-electron chi connectivity index (χ3n) is 4.54. The fourth-order valence-corrected chi connectivity index (χ4v) is 4.49.